The highest BCUT2D eigenvalue weighted by Gasteiger charge is 2.20. The summed E-state index contributed by atoms with van der Waals surface area (Å²) in [5.41, 5.74) is 8.13. The molecule has 1 aromatic carbocycles. The van der Waals surface area contributed by atoms with E-state index in [0.717, 1.165) is 30.2 Å². The van der Waals surface area contributed by atoms with Gasteiger partial charge in [-0.1, -0.05) is 123 Å². The van der Waals surface area contributed by atoms with Crippen LogP contribution >= 0.6 is 0 Å². The van der Waals surface area contributed by atoms with Crippen molar-refractivity contribution < 1.29 is 4.74 Å². The fraction of sp³-hybridized carbons (Fsp3) is 0.690. The van der Waals surface area contributed by atoms with E-state index in [1.807, 2.05) is 30.3 Å². The number of benzene rings is 1. The number of nitrogen functional groups attached to an aromatic ring is 1. The molecule has 0 spiro atoms. The van der Waals surface area contributed by atoms with Crippen LogP contribution in [0.1, 0.15) is 123 Å². The van der Waals surface area contributed by atoms with Crippen molar-refractivity contribution in [1.82, 2.24) is 9.78 Å². The van der Waals surface area contributed by atoms with Crippen molar-refractivity contribution in [3.8, 4) is 11.4 Å². The number of ether oxygens (including phenoxy) is 1. The first-order chi connectivity index (χ1) is 15.9. The molecule has 0 aliphatic rings. The lowest BCUT2D eigenvalue weighted by atomic mass is 9.92. The Morgan fingerprint density at radius 2 is 1.30 bits per heavy atom. The van der Waals surface area contributed by atoms with Gasteiger partial charge in [-0.25, -0.2) is 4.68 Å². The molecule has 0 radical (unpaired) electrons. The summed E-state index contributed by atoms with van der Waals surface area (Å²) in [6.45, 7) is 9.47. The quantitative estimate of drug-likeness (QED) is 0.243. The first-order valence-electron chi connectivity index (χ1n) is 13.5. The van der Waals surface area contributed by atoms with Gasteiger partial charge in [-0.3, -0.25) is 0 Å². The lowest BCUT2D eigenvalue weighted by Gasteiger charge is -2.15. The highest BCUT2D eigenvalue weighted by molar-refractivity contribution is 5.52. The molecule has 0 aliphatic carbocycles. The summed E-state index contributed by atoms with van der Waals surface area (Å²) in [5.74, 6) is 1.50. The smallest absolute Gasteiger partial charge is 0.145 e. The second-order valence-electron chi connectivity index (χ2n) is 10.5. The summed E-state index contributed by atoms with van der Waals surface area (Å²) in [6.07, 6.45) is 19.1. The van der Waals surface area contributed by atoms with Gasteiger partial charge < -0.3 is 10.5 Å². The van der Waals surface area contributed by atoms with Crippen LogP contribution in [0.25, 0.3) is 5.69 Å². The summed E-state index contributed by atoms with van der Waals surface area (Å²) in [6, 6.07) is 10.0. The Bertz CT molecular complexity index is 775. The number of anilines is 1. The zero-order chi connectivity index (χ0) is 23.9. The van der Waals surface area contributed by atoms with E-state index < -0.39 is 0 Å². The predicted molar refractivity (Wildman–Crippen MR) is 142 cm³/mol. The molecule has 33 heavy (non-hydrogen) atoms. The maximum absolute atomic E-state index is 6.27. The lowest BCUT2D eigenvalue weighted by molar-refractivity contribution is 0.303. The van der Waals surface area contributed by atoms with Crippen LogP contribution in [0.3, 0.4) is 0 Å². The van der Waals surface area contributed by atoms with E-state index >= 15 is 0 Å². The van der Waals surface area contributed by atoms with Crippen molar-refractivity contribution in [2.24, 2.45) is 0 Å². The van der Waals surface area contributed by atoms with Crippen molar-refractivity contribution in [3.63, 3.8) is 0 Å². The van der Waals surface area contributed by atoms with E-state index in [-0.39, 0.29) is 5.41 Å². The summed E-state index contributed by atoms with van der Waals surface area (Å²) in [5, 5.41) is 4.74. The van der Waals surface area contributed by atoms with E-state index in [1.54, 1.807) is 4.68 Å². The third-order valence-corrected chi connectivity index (χ3v) is 6.35. The average molecular weight is 456 g/mol. The van der Waals surface area contributed by atoms with Gasteiger partial charge in [0.05, 0.1) is 12.3 Å². The van der Waals surface area contributed by atoms with Gasteiger partial charge in [-0.05, 0) is 18.6 Å². The number of hydrogen-bond donors (Lipinski definition) is 1. The molecule has 0 unspecified atom stereocenters. The van der Waals surface area contributed by atoms with Crippen LogP contribution in [-0.4, -0.2) is 16.4 Å². The third kappa shape index (κ3) is 10.2. The second kappa shape index (κ2) is 15.0. The van der Waals surface area contributed by atoms with Crippen LogP contribution in [0.2, 0.25) is 0 Å². The van der Waals surface area contributed by atoms with Crippen LogP contribution < -0.4 is 10.5 Å². The van der Waals surface area contributed by atoms with Gasteiger partial charge in [0, 0.05) is 11.5 Å². The SMILES string of the molecule is CCCCCCCCCCCCCCCCOc1ccccc1-n1nc(C(C)(C)C)cc1N. The molecule has 2 N–H and O–H groups in total. The van der Waals surface area contributed by atoms with Crippen molar-refractivity contribution in [3.05, 3.63) is 36.0 Å². The minimum absolute atomic E-state index is 0.0383. The van der Waals surface area contributed by atoms with Gasteiger partial charge in [0.1, 0.15) is 17.3 Å². The number of para-hydroxylation sites is 2. The topological polar surface area (TPSA) is 53.1 Å². The molecule has 0 amide bonds. The molecule has 4 nitrogen and oxygen atoms in total. The Hall–Kier alpha value is -1.97. The fourth-order valence-corrected chi connectivity index (χ4v) is 4.19. The molecule has 0 atom stereocenters. The van der Waals surface area contributed by atoms with Crippen LogP contribution in [0.5, 0.6) is 5.75 Å². The van der Waals surface area contributed by atoms with Gasteiger partial charge in [-0.2, -0.15) is 5.10 Å². The van der Waals surface area contributed by atoms with Gasteiger partial charge in [0.2, 0.25) is 0 Å². The standard InChI is InChI=1S/C29H49N3O/c1-5-6-7-8-9-10-11-12-13-14-15-16-17-20-23-33-26-22-19-18-21-25(26)32-28(30)24-27(31-32)29(2,3)4/h18-19,21-22,24H,5-17,20,23,30H2,1-4H3. The molecule has 0 bridgehead atoms. The number of nitrogens with two attached hydrogens (primary N) is 1. The summed E-state index contributed by atoms with van der Waals surface area (Å²) in [4.78, 5) is 0. The highest BCUT2D eigenvalue weighted by Crippen LogP contribution is 2.29. The normalized spacial score (nSPS) is 11.8. The van der Waals surface area contributed by atoms with Crippen LogP contribution in [-0.2, 0) is 5.41 Å². The highest BCUT2D eigenvalue weighted by atomic mass is 16.5. The van der Waals surface area contributed by atoms with E-state index in [2.05, 4.69) is 27.7 Å². The number of nitrogens with zero attached hydrogens (tertiary/aromatic N) is 2. The van der Waals surface area contributed by atoms with Crippen molar-refractivity contribution in [1.29, 1.82) is 0 Å². The zero-order valence-electron chi connectivity index (χ0n) is 21.9. The van der Waals surface area contributed by atoms with Crippen molar-refractivity contribution in [2.45, 2.75) is 123 Å². The van der Waals surface area contributed by atoms with Crippen LogP contribution in [0.15, 0.2) is 30.3 Å². The van der Waals surface area contributed by atoms with Crippen LogP contribution in [0, 0.1) is 0 Å². The Kier molecular flexibility index (Phi) is 12.4. The molecule has 2 aromatic rings. The van der Waals surface area contributed by atoms with Gasteiger partial charge in [0.25, 0.3) is 0 Å². The van der Waals surface area contributed by atoms with Gasteiger partial charge in [0.15, 0.2) is 0 Å². The largest absolute Gasteiger partial charge is 0.491 e. The minimum Gasteiger partial charge on any atom is -0.491 e. The number of aromatic nitrogens is 2. The van der Waals surface area contributed by atoms with Crippen molar-refractivity contribution >= 4 is 5.82 Å². The number of hydrogen-bond acceptors (Lipinski definition) is 3. The first kappa shape index (κ1) is 27.3. The molecule has 2 rings (SSSR count). The monoisotopic (exact) mass is 455 g/mol. The van der Waals surface area contributed by atoms with E-state index in [0.29, 0.717) is 5.82 Å². The van der Waals surface area contributed by atoms with Crippen LogP contribution in [0.4, 0.5) is 5.82 Å². The number of unbranched alkanes of at least 4 members (excludes halogenated alkanes) is 13. The maximum atomic E-state index is 6.27. The molecule has 1 aromatic heterocycles. The maximum Gasteiger partial charge on any atom is 0.145 e. The van der Waals surface area contributed by atoms with Gasteiger partial charge >= 0.3 is 0 Å². The van der Waals surface area contributed by atoms with E-state index in [4.69, 9.17) is 15.6 Å². The Balaban J connectivity index is 1.60. The first-order valence-corrected chi connectivity index (χ1v) is 13.5. The Morgan fingerprint density at radius 1 is 0.788 bits per heavy atom. The van der Waals surface area contributed by atoms with Crippen molar-refractivity contribution in [2.75, 3.05) is 12.3 Å². The molecular formula is C29H49N3O. The molecule has 0 fully saturated rings. The molecule has 0 aliphatic heterocycles. The fourth-order valence-electron chi connectivity index (χ4n) is 4.19. The zero-order valence-corrected chi connectivity index (χ0v) is 21.9. The minimum atomic E-state index is -0.0383. The molecule has 0 saturated carbocycles. The molecule has 0 saturated heterocycles. The molecule has 1 heterocycles. The summed E-state index contributed by atoms with van der Waals surface area (Å²) < 4.78 is 7.94. The molecular weight excluding hydrogens is 406 g/mol. The number of rotatable bonds is 17. The predicted octanol–water partition coefficient (Wildman–Crippen LogP) is 8.61. The lowest BCUT2D eigenvalue weighted by Crippen LogP contribution is -2.13. The Morgan fingerprint density at radius 3 is 1.82 bits per heavy atom. The average Bonchev–Trinajstić information content (AvgIpc) is 3.18. The second-order valence-corrected chi connectivity index (χ2v) is 10.5. The third-order valence-electron chi connectivity index (χ3n) is 6.35. The molecule has 186 valence electrons. The summed E-state index contributed by atoms with van der Waals surface area (Å²) in [7, 11) is 0. The summed E-state index contributed by atoms with van der Waals surface area (Å²) >= 11 is 0. The van der Waals surface area contributed by atoms with E-state index in [9.17, 15) is 0 Å². The Labute approximate surface area is 203 Å². The van der Waals surface area contributed by atoms with E-state index in [1.165, 1.54) is 83.5 Å². The van der Waals surface area contributed by atoms with Gasteiger partial charge in [-0.15, -0.1) is 0 Å². The molecule has 4 heteroatoms.